The number of Topliss-reactive ketones (excluding diaryl/α,β-unsaturated/α-hetero) is 1. The molecule has 0 aliphatic carbocycles. The quantitative estimate of drug-likeness (QED) is 0.353. The molecule has 4 rings (SSSR count). The number of hydrogen-bond acceptors (Lipinski definition) is 7. The predicted molar refractivity (Wildman–Crippen MR) is 145 cm³/mol. The Morgan fingerprint density at radius 3 is 2.53 bits per heavy atom. The fraction of sp³-hybridized carbons (Fsp3) is 0.500. The Morgan fingerprint density at radius 2 is 1.89 bits per heavy atom. The lowest BCUT2D eigenvalue weighted by Gasteiger charge is -2.51. The second-order valence-corrected chi connectivity index (χ2v) is 11.0. The third kappa shape index (κ3) is 5.73. The van der Waals surface area contributed by atoms with E-state index in [0.717, 1.165) is 58.4 Å². The lowest BCUT2D eigenvalue weighted by atomic mass is 9.80. The molecule has 0 unspecified atom stereocenters. The number of hydrogen-bond donors (Lipinski definition) is 2. The summed E-state index contributed by atoms with van der Waals surface area (Å²) in [5.74, 6) is 0.120. The van der Waals surface area contributed by atoms with E-state index in [1.807, 2.05) is 39.0 Å². The molecule has 2 aliphatic heterocycles. The van der Waals surface area contributed by atoms with Crippen molar-refractivity contribution in [2.75, 3.05) is 26.2 Å². The number of likely N-dealkylation sites (tertiary alicyclic amines) is 1. The van der Waals surface area contributed by atoms with Crippen LogP contribution in [0.15, 0.2) is 46.6 Å². The summed E-state index contributed by atoms with van der Waals surface area (Å²) in [6, 6.07) is 9.77. The molecule has 0 bridgehead atoms. The van der Waals surface area contributed by atoms with Gasteiger partial charge in [0.25, 0.3) is 0 Å². The predicted octanol–water partition coefficient (Wildman–Crippen LogP) is 5.30. The molecule has 7 nitrogen and oxygen atoms in total. The molecule has 0 spiro atoms. The molecule has 0 amide bonds. The number of carbonyl (C=O) groups excluding carboxylic acids is 1. The van der Waals surface area contributed by atoms with E-state index in [4.69, 9.17) is 4.84 Å². The zero-order chi connectivity index (χ0) is 25.9. The minimum absolute atomic E-state index is 0.120. The van der Waals surface area contributed by atoms with Gasteiger partial charge in [0.2, 0.25) is 0 Å². The molecule has 2 aromatic rings. The lowest BCUT2D eigenvalue weighted by molar-refractivity contribution is -0.134. The minimum atomic E-state index is -0.320. The van der Waals surface area contributed by atoms with Gasteiger partial charge in [-0.1, -0.05) is 28.1 Å². The van der Waals surface area contributed by atoms with Gasteiger partial charge in [-0.25, -0.2) is 0 Å². The maximum Gasteiger partial charge on any atom is 0.182 e. The fourth-order valence-electron chi connectivity index (χ4n) is 5.56. The summed E-state index contributed by atoms with van der Waals surface area (Å²) in [5, 5.41) is 11.4. The Labute approximate surface area is 222 Å². The molecule has 0 saturated carbocycles. The van der Waals surface area contributed by atoms with Crippen LogP contribution < -0.4 is 5.48 Å². The van der Waals surface area contributed by atoms with Gasteiger partial charge in [0.1, 0.15) is 0 Å². The van der Waals surface area contributed by atoms with Crippen LogP contribution >= 0.6 is 15.9 Å². The summed E-state index contributed by atoms with van der Waals surface area (Å²) in [7, 11) is 0. The van der Waals surface area contributed by atoms with E-state index in [1.165, 1.54) is 10.6 Å². The van der Waals surface area contributed by atoms with Crippen molar-refractivity contribution < 1.29 is 14.8 Å². The third-order valence-electron chi connectivity index (χ3n) is 7.68. The summed E-state index contributed by atoms with van der Waals surface area (Å²) in [6.45, 7) is 10.6. The number of aryl methyl sites for hydroxylation is 2. The Balaban J connectivity index is 1.76. The summed E-state index contributed by atoms with van der Waals surface area (Å²) >= 11 is 3.53. The highest BCUT2D eigenvalue weighted by molar-refractivity contribution is 9.10. The number of nitrogens with one attached hydrogen (secondary N) is 1. The molecule has 2 N–H and O–H groups in total. The summed E-state index contributed by atoms with van der Waals surface area (Å²) in [5.41, 5.74) is 8.63. The van der Waals surface area contributed by atoms with E-state index in [-0.39, 0.29) is 17.4 Å². The highest BCUT2D eigenvalue weighted by atomic mass is 79.9. The van der Waals surface area contributed by atoms with Crippen molar-refractivity contribution in [3.8, 4) is 0 Å². The molecule has 8 heteroatoms. The van der Waals surface area contributed by atoms with Crippen molar-refractivity contribution in [2.45, 2.75) is 65.0 Å². The number of ketones is 1. The van der Waals surface area contributed by atoms with Crippen molar-refractivity contribution in [1.29, 1.82) is 0 Å². The highest BCUT2D eigenvalue weighted by Crippen LogP contribution is 2.39. The Morgan fingerprint density at radius 1 is 1.19 bits per heavy atom. The van der Waals surface area contributed by atoms with E-state index < -0.39 is 0 Å². The Kier molecular flexibility index (Phi) is 8.63. The zero-order valence-corrected chi connectivity index (χ0v) is 23.3. The van der Waals surface area contributed by atoms with Crippen LogP contribution in [0.4, 0.5) is 0 Å². The van der Waals surface area contributed by atoms with Crippen molar-refractivity contribution in [2.24, 2.45) is 0 Å². The van der Waals surface area contributed by atoms with Crippen LogP contribution in [-0.2, 0) is 4.84 Å². The topological polar surface area (TPSA) is 77.9 Å². The standard InChI is InChI=1S/C28H37BrN4O3/c1-5-36-31-26(21-6-8-23(29)9-7-21)22-11-15-33(28(4)12-16-32(35)17-13-28)24(18-22)27(34)25-19(2)10-14-30-20(25)3/h6-10,14,24,31,35H,5,11-13,15-18H2,1-4H3/t24-/m1/s1. The normalized spacial score (nSPS) is 22.3. The second kappa shape index (κ2) is 11.5. The Hall–Kier alpha value is -2.10. The summed E-state index contributed by atoms with van der Waals surface area (Å²) in [4.78, 5) is 26.8. The first-order chi connectivity index (χ1) is 17.2. The van der Waals surface area contributed by atoms with E-state index in [9.17, 15) is 10.0 Å². The molecular formula is C28H37BrN4O3. The van der Waals surface area contributed by atoms with Gasteiger partial charge >= 0.3 is 0 Å². The number of halogens is 1. The average Bonchev–Trinajstić information content (AvgIpc) is 2.87. The molecule has 1 aromatic heterocycles. The van der Waals surface area contributed by atoms with Crippen LogP contribution in [0.5, 0.6) is 0 Å². The van der Waals surface area contributed by atoms with Crippen LogP contribution in [-0.4, -0.2) is 63.8 Å². The van der Waals surface area contributed by atoms with Crippen LogP contribution in [0.1, 0.15) is 66.7 Å². The molecule has 3 heterocycles. The molecule has 0 radical (unpaired) electrons. The van der Waals surface area contributed by atoms with E-state index in [0.29, 0.717) is 26.1 Å². The fourth-order valence-corrected chi connectivity index (χ4v) is 5.82. The Bertz CT molecular complexity index is 1090. The molecule has 194 valence electrons. The lowest BCUT2D eigenvalue weighted by Crippen LogP contribution is -2.60. The van der Waals surface area contributed by atoms with Crippen molar-refractivity contribution in [3.63, 3.8) is 0 Å². The summed E-state index contributed by atoms with van der Waals surface area (Å²) < 4.78 is 1.01. The van der Waals surface area contributed by atoms with E-state index in [2.05, 4.69) is 50.4 Å². The molecule has 1 atom stereocenters. The third-order valence-corrected chi connectivity index (χ3v) is 8.21. The molecule has 1 aromatic carbocycles. The molecule has 2 fully saturated rings. The van der Waals surface area contributed by atoms with Crippen LogP contribution in [0.25, 0.3) is 5.70 Å². The van der Waals surface area contributed by atoms with E-state index >= 15 is 0 Å². The molecular weight excluding hydrogens is 520 g/mol. The monoisotopic (exact) mass is 556 g/mol. The first-order valence-corrected chi connectivity index (χ1v) is 13.6. The number of rotatable bonds is 7. The first-order valence-electron chi connectivity index (χ1n) is 12.8. The van der Waals surface area contributed by atoms with E-state index in [1.54, 1.807) is 6.20 Å². The number of aromatic nitrogens is 1. The average molecular weight is 558 g/mol. The number of hydroxylamine groups is 3. The number of pyridine rings is 1. The van der Waals surface area contributed by atoms with Gasteiger partial charge in [-0.2, -0.15) is 5.06 Å². The number of benzene rings is 1. The van der Waals surface area contributed by atoms with Crippen molar-refractivity contribution in [3.05, 3.63) is 69.0 Å². The summed E-state index contributed by atoms with van der Waals surface area (Å²) in [6.07, 6.45) is 4.83. The zero-order valence-electron chi connectivity index (χ0n) is 21.7. The molecule has 36 heavy (non-hydrogen) atoms. The smallest absolute Gasteiger partial charge is 0.182 e. The first kappa shape index (κ1) is 26.9. The SMILES string of the molecule is CCONC(=C1CCN(C2(C)CCN(O)CC2)[C@@H](C(=O)c2c(C)ccnc2C)C1)c1ccc(Br)cc1. The van der Waals surface area contributed by atoms with Crippen LogP contribution in [0.2, 0.25) is 0 Å². The maximum absolute atomic E-state index is 14.2. The maximum atomic E-state index is 14.2. The van der Waals surface area contributed by atoms with Gasteiger partial charge < -0.3 is 5.21 Å². The second-order valence-electron chi connectivity index (χ2n) is 10.1. The van der Waals surface area contributed by atoms with Gasteiger partial charge in [0.15, 0.2) is 5.78 Å². The van der Waals surface area contributed by atoms with Gasteiger partial charge in [-0.05, 0) is 88.3 Å². The molecule has 2 saturated heterocycles. The molecule has 2 aliphatic rings. The van der Waals surface area contributed by atoms with Crippen LogP contribution in [0.3, 0.4) is 0 Å². The number of piperidine rings is 2. The highest BCUT2D eigenvalue weighted by Gasteiger charge is 2.44. The van der Waals surface area contributed by atoms with Crippen LogP contribution in [0, 0.1) is 13.8 Å². The van der Waals surface area contributed by atoms with Gasteiger partial charge in [-0.3, -0.25) is 25.0 Å². The number of nitrogens with zero attached hydrogens (tertiary/aromatic N) is 3. The minimum Gasteiger partial charge on any atom is -0.314 e. The van der Waals surface area contributed by atoms with Crippen molar-refractivity contribution in [1.82, 2.24) is 20.4 Å². The van der Waals surface area contributed by atoms with Gasteiger partial charge in [0, 0.05) is 47.1 Å². The number of carbonyl (C=O) groups is 1. The van der Waals surface area contributed by atoms with Crippen molar-refractivity contribution >= 4 is 27.4 Å². The van der Waals surface area contributed by atoms with Gasteiger partial charge in [0.05, 0.1) is 18.3 Å². The largest absolute Gasteiger partial charge is 0.314 e. The van der Waals surface area contributed by atoms with Gasteiger partial charge in [-0.15, -0.1) is 0 Å².